The minimum absolute atomic E-state index is 0.0294. The van der Waals surface area contributed by atoms with Gasteiger partial charge in [-0.05, 0) is 65.0 Å². The largest absolute Gasteiger partial charge is 0.254 e. The molecule has 0 aliphatic rings. The van der Waals surface area contributed by atoms with Crippen molar-refractivity contribution in [2.75, 3.05) is 0 Å². The predicted molar refractivity (Wildman–Crippen MR) is 119 cm³/mol. The zero-order chi connectivity index (χ0) is 20.0. The van der Waals surface area contributed by atoms with E-state index in [1.807, 2.05) is 25.4 Å². The number of hydrogen-bond donors (Lipinski definition) is 0. The Morgan fingerprint density at radius 1 is 1.15 bits per heavy atom. The molecule has 1 rings (SSSR count). The van der Waals surface area contributed by atoms with Crippen LogP contribution in [-0.2, 0) is 5.41 Å². The van der Waals surface area contributed by atoms with Gasteiger partial charge in [0.05, 0.1) is 10.7 Å². The van der Waals surface area contributed by atoms with Crippen LogP contribution in [0, 0.1) is 5.41 Å². The highest BCUT2D eigenvalue weighted by molar-refractivity contribution is 8.82. The first-order valence-electron chi connectivity index (χ1n) is 9.04. The Labute approximate surface area is 167 Å². The highest BCUT2D eigenvalue weighted by Crippen LogP contribution is 2.32. The topological polar surface area (TPSA) is 38.1 Å². The summed E-state index contributed by atoms with van der Waals surface area (Å²) in [5, 5.41) is 1.76. The van der Waals surface area contributed by atoms with Crippen LogP contribution in [-0.4, -0.2) is 15.0 Å². The molecule has 0 bridgehead atoms. The van der Waals surface area contributed by atoms with Gasteiger partial charge in [-0.2, -0.15) is 0 Å². The van der Waals surface area contributed by atoms with Gasteiger partial charge < -0.3 is 0 Å². The lowest BCUT2D eigenvalue weighted by molar-refractivity contribution is 0.510. The summed E-state index contributed by atoms with van der Waals surface area (Å²) in [6, 6.07) is 1.98. The van der Waals surface area contributed by atoms with Crippen LogP contribution in [0.1, 0.15) is 74.4 Å². The first-order chi connectivity index (χ1) is 11.9. The van der Waals surface area contributed by atoms with Crippen LogP contribution in [0.4, 0.5) is 0 Å². The molecule has 0 amide bonds. The third kappa shape index (κ3) is 7.67. The maximum Gasteiger partial charge on any atom is 0.198 e. The van der Waals surface area contributed by atoms with Gasteiger partial charge in [0.25, 0.3) is 0 Å². The lowest BCUT2D eigenvalue weighted by atomic mass is 9.83. The van der Waals surface area contributed by atoms with Crippen molar-refractivity contribution < 1.29 is 0 Å². The summed E-state index contributed by atoms with van der Waals surface area (Å²) in [6.07, 6.45) is 6.95. The fourth-order valence-electron chi connectivity index (χ4n) is 2.36. The average Bonchev–Trinajstić information content (AvgIpc) is 2.54. The molecule has 0 unspecified atom stereocenters. The summed E-state index contributed by atoms with van der Waals surface area (Å²) in [4.78, 5) is 13.6. The third-order valence-corrected chi connectivity index (χ3v) is 6.13. The second kappa shape index (κ2) is 9.75. The Hall–Kier alpha value is -1.07. The Morgan fingerprint density at radius 3 is 2.35 bits per heavy atom. The Morgan fingerprint density at radius 2 is 1.81 bits per heavy atom. The summed E-state index contributed by atoms with van der Waals surface area (Å²) in [5.41, 5.74) is 3.98. The number of allylic oxidation sites excluding steroid dienone is 3. The smallest absolute Gasteiger partial charge is 0.198 e. The first-order valence-corrected chi connectivity index (χ1v) is 11.2. The molecule has 0 N–H and O–H groups in total. The molecule has 144 valence electrons. The van der Waals surface area contributed by atoms with Crippen LogP contribution in [0.25, 0.3) is 0 Å². The van der Waals surface area contributed by atoms with Crippen LogP contribution in [0.15, 0.2) is 45.8 Å². The van der Waals surface area contributed by atoms with Gasteiger partial charge in [0.15, 0.2) is 5.16 Å². The van der Waals surface area contributed by atoms with E-state index >= 15 is 0 Å². The van der Waals surface area contributed by atoms with E-state index < -0.39 is 0 Å². The van der Waals surface area contributed by atoms with E-state index in [-0.39, 0.29) is 10.8 Å². The van der Waals surface area contributed by atoms with Gasteiger partial charge in [0.2, 0.25) is 0 Å². The lowest BCUT2D eigenvalue weighted by Gasteiger charge is -2.22. The standard InChI is InChI=1S/C21H33N3S2/c1-10-15(2)17(20(4,5)6)11-13-22-16(3)25-26-19-23-14-12-18(24-19)21(7,8)9/h11-14H,10H2,1-9H3/b13-11-,17-15?,22-16?. The van der Waals surface area contributed by atoms with Crippen molar-refractivity contribution in [1.29, 1.82) is 0 Å². The van der Waals surface area contributed by atoms with Gasteiger partial charge in [-0.3, -0.25) is 4.99 Å². The maximum absolute atomic E-state index is 4.64. The molecule has 0 aliphatic heterocycles. The normalized spacial score (nSPS) is 14.7. The van der Waals surface area contributed by atoms with Gasteiger partial charge in [0.1, 0.15) is 0 Å². The number of aliphatic imine (C=N–C) groups is 1. The molecule has 0 radical (unpaired) electrons. The van der Waals surface area contributed by atoms with Crippen molar-refractivity contribution in [3.63, 3.8) is 0 Å². The van der Waals surface area contributed by atoms with Gasteiger partial charge in [0, 0.05) is 17.8 Å². The highest BCUT2D eigenvalue weighted by atomic mass is 33.1. The van der Waals surface area contributed by atoms with Crippen molar-refractivity contribution in [2.24, 2.45) is 10.4 Å². The van der Waals surface area contributed by atoms with Crippen LogP contribution >= 0.6 is 21.6 Å². The van der Waals surface area contributed by atoms with Gasteiger partial charge >= 0.3 is 0 Å². The first kappa shape index (κ1) is 23.0. The molecule has 0 aliphatic carbocycles. The second-order valence-electron chi connectivity index (χ2n) is 8.40. The number of nitrogens with zero attached hydrogens (tertiary/aromatic N) is 3. The average molecular weight is 392 g/mol. The van der Waals surface area contributed by atoms with E-state index in [9.17, 15) is 0 Å². The third-order valence-electron chi connectivity index (χ3n) is 3.93. The molecular weight excluding hydrogens is 358 g/mol. The fraction of sp³-hybridized carbons (Fsp3) is 0.571. The molecule has 0 saturated heterocycles. The molecule has 0 atom stereocenters. The molecule has 0 spiro atoms. The van der Waals surface area contributed by atoms with Crippen LogP contribution in [0.2, 0.25) is 0 Å². The second-order valence-corrected chi connectivity index (χ2v) is 10.7. The quantitative estimate of drug-likeness (QED) is 0.175. The zero-order valence-corrected chi connectivity index (χ0v) is 19.3. The van der Waals surface area contributed by atoms with E-state index in [0.717, 1.165) is 22.3 Å². The number of aromatic nitrogens is 2. The Bertz CT molecular complexity index is 690. The molecule has 1 aromatic rings. The van der Waals surface area contributed by atoms with Crippen molar-refractivity contribution in [3.05, 3.63) is 41.4 Å². The van der Waals surface area contributed by atoms with Gasteiger partial charge in [-0.15, -0.1) is 0 Å². The minimum atomic E-state index is 0.0294. The van der Waals surface area contributed by atoms with Crippen LogP contribution in [0.3, 0.4) is 0 Å². The minimum Gasteiger partial charge on any atom is -0.254 e. The predicted octanol–water partition coefficient (Wildman–Crippen LogP) is 7.22. The molecule has 1 aromatic heterocycles. The summed E-state index contributed by atoms with van der Waals surface area (Å²) in [6.45, 7) is 19.6. The van der Waals surface area contributed by atoms with E-state index in [0.29, 0.717) is 0 Å². The van der Waals surface area contributed by atoms with Crippen molar-refractivity contribution >= 4 is 26.6 Å². The maximum atomic E-state index is 4.64. The summed E-state index contributed by atoms with van der Waals surface area (Å²) in [7, 11) is 3.15. The monoisotopic (exact) mass is 391 g/mol. The van der Waals surface area contributed by atoms with E-state index in [1.54, 1.807) is 21.6 Å². The molecule has 1 heterocycles. The molecule has 3 nitrogen and oxygen atoms in total. The molecule has 0 aromatic carbocycles. The van der Waals surface area contributed by atoms with Gasteiger partial charge in [-0.1, -0.05) is 54.0 Å². The molecule has 26 heavy (non-hydrogen) atoms. The van der Waals surface area contributed by atoms with E-state index in [1.165, 1.54) is 11.1 Å². The van der Waals surface area contributed by atoms with Crippen LogP contribution in [0.5, 0.6) is 0 Å². The van der Waals surface area contributed by atoms with Crippen molar-refractivity contribution in [1.82, 2.24) is 9.97 Å². The summed E-state index contributed by atoms with van der Waals surface area (Å²) < 4.78 is 0. The molecule has 5 heteroatoms. The molecule has 0 fully saturated rings. The highest BCUT2D eigenvalue weighted by Gasteiger charge is 2.17. The van der Waals surface area contributed by atoms with Crippen molar-refractivity contribution in [3.8, 4) is 0 Å². The van der Waals surface area contributed by atoms with Crippen molar-refractivity contribution in [2.45, 2.75) is 79.3 Å². The Kier molecular flexibility index (Phi) is 8.61. The SMILES string of the molecule is CCC(C)=C(/C=C\N=C(C)SSc1nccc(C(C)(C)C)n1)C(C)(C)C. The summed E-state index contributed by atoms with van der Waals surface area (Å²) >= 11 is 0. The molecule has 0 saturated carbocycles. The fourth-order valence-corrected chi connectivity index (χ4v) is 3.85. The zero-order valence-electron chi connectivity index (χ0n) is 17.7. The van der Waals surface area contributed by atoms with Gasteiger partial charge in [-0.25, -0.2) is 9.97 Å². The van der Waals surface area contributed by atoms with Crippen LogP contribution < -0.4 is 0 Å². The lowest BCUT2D eigenvalue weighted by Crippen LogP contribution is -2.13. The summed E-state index contributed by atoms with van der Waals surface area (Å²) in [5.74, 6) is 0. The number of rotatable bonds is 5. The van der Waals surface area contributed by atoms with E-state index in [2.05, 4.69) is 76.4 Å². The van der Waals surface area contributed by atoms with E-state index in [4.69, 9.17) is 0 Å². The Balaban J connectivity index is 2.78. The number of hydrogen-bond acceptors (Lipinski definition) is 5. The molecular formula is C21H33N3S2.